The van der Waals surface area contributed by atoms with Gasteiger partial charge in [0.25, 0.3) is 0 Å². The van der Waals surface area contributed by atoms with E-state index in [0.29, 0.717) is 23.6 Å². The van der Waals surface area contributed by atoms with Crippen LogP contribution in [0.15, 0.2) is 60.8 Å². The molecular weight excluding hydrogens is 331 g/mol. The summed E-state index contributed by atoms with van der Waals surface area (Å²) in [4.78, 5) is 12.5. The number of hydrogen-bond acceptors (Lipinski definition) is 3. The highest BCUT2D eigenvalue weighted by Crippen LogP contribution is 2.17. The van der Waals surface area contributed by atoms with E-state index in [-0.39, 0.29) is 11.6 Å². The molecule has 1 aromatic heterocycles. The molecule has 3 aromatic rings. The van der Waals surface area contributed by atoms with Crippen molar-refractivity contribution in [2.75, 3.05) is 6.61 Å². The highest BCUT2D eigenvalue weighted by atomic mass is 19.1. The molecular formula is C21H19FN2O2. The van der Waals surface area contributed by atoms with Crippen molar-refractivity contribution in [2.45, 2.75) is 13.8 Å². The Labute approximate surface area is 151 Å². The third kappa shape index (κ3) is 3.88. The second-order valence-electron chi connectivity index (χ2n) is 5.73. The number of carbonyl (C=O) groups excluding carboxylic acids is 1. The van der Waals surface area contributed by atoms with Crippen LogP contribution >= 0.6 is 0 Å². The first-order chi connectivity index (χ1) is 12.6. The predicted molar refractivity (Wildman–Crippen MR) is 99.2 cm³/mol. The Morgan fingerprint density at radius 1 is 1.23 bits per heavy atom. The smallest absolute Gasteiger partial charge is 0.189 e. The van der Waals surface area contributed by atoms with Crippen LogP contribution < -0.4 is 4.74 Å². The van der Waals surface area contributed by atoms with Gasteiger partial charge in [0.15, 0.2) is 5.78 Å². The van der Waals surface area contributed by atoms with Crippen LogP contribution in [0, 0.1) is 12.7 Å². The third-order valence-electron chi connectivity index (χ3n) is 3.94. The van der Waals surface area contributed by atoms with Gasteiger partial charge < -0.3 is 4.74 Å². The maximum atomic E-state index is 13.1. The first kappa shape index (κ1) is 17.6. The Kier molecular flexibility index (Phi) is 5.27. The van der Waals surface area contributed by atoms with E-state index in [1.807, 2.05) is 38.1 Å². The first-order valence-corrected chi connectivity index (χ1v) is 8.34. The summed E-state index contributed by atoms with van der Waals surface area (Å²) in [5, 5.41) is 4.25. The standard InChI is InChI=1S/C21H19FN2O2/c1-3-26-19-6-4-5-16(13-19)7-12-21(25)20-14-23-24(15(20)2)18-10-8-17(22)9-11-18/h4-14H,3H2,1-2H3/b12-7+. The van der Waals surface area contributed by atoms with Gasteiger partial charge in [-0.25, -0.2) is 9.07 Å². The summed E-state index contributed by atoms with van der Waals surface area (Å²) in [6, 6.07) is 13.5. The Balaban J connectivity index is 1.80. The number of aromatic nitrogens is 2. The fourth-order valence-corrected chi connectivity index (χ4v) is 2.63. The summed E-state index contributed by atoms with van der Waals surface area (Å²) < 4.78 is 20.2. The van der Waals surface area contributed by atoms with Crippen molar-refractivity contribution in [1.29, 1.82) is 0 Å². The molecule has 0 aliphatic rings. The van der Waals surface area contributed by atoms with Crippen molar-refractivity contribution >= 4 is 11.9 Å². The minimum absolute atomic E-state index is 0.141. The normalized spacial score (nSPS) is 11.0. The van der Waals surface area contributed by atoms with Gasteiger partial charge >= 0.3 is 0 Å². The molecule has 3 rings (SSSR count). The molecule has 0 atom stereocenters. The van der Waals surface area contributed by atoms with Gasteiger partial charge in [0.1, 0.15) is 11.6 Å². The van der Waals surface area contributed by atoms with Crippen molar-refractivity contribution in [3.63, 3.8) is 0 Å². The topological polar surface area (TPSA) is 44.1 Å². The number of allylic oxidation sites excluding steroid dienone is 1. The summed E-state index contributed by atoms with van der Waals surface area (Å²) in [5.74, 6) is 0.312. The summed E-state index contributed by atoms with van der Waals surface area (Å²) in [6.45, 7) is 4.33. The number of rotatable bonds is 6. The van der Waals surface area contributed by atoms with Gasteiger partial charge in [0, 0.05) is 0 Å². The molecule has 5 heteroatoms. The summed E-state index contributed by atoms with van der Waals surface area (Å²) >= 11 is 0. The second kappa shape index (κ2) is 7.78. The number of carbonyl (C=O) groups is 1. The third-order valence-corrected chi connectivity index (χ3v) is 3.94. The second-order valence-corrected chi connectivity index (χ2v) is 5.73. The van der Waals surface area contributed by atoms with Crippen molar-refractivity contribution in [3.05, 3.63) is 83.4 Å². The van der Waals surface area contributed by atoms with Gasteiger partial charge in [0.2, 0.25) is 0 Å². The fraction of sp³-hybridized carbons (Fsp3) is 0.143. The van der Waals surface area contributed by atoms with Crippen molar-refractivity contribution < 1.29 is 13.9 Å². The number of benzene rings is 2. The molecule has 0 amide bonds. The van der Waals surface area contributed by atoms with Crippen LogP contribution in [0.2, 0.25) is 0 Å². The average molecular weight is 350 g/mol. The zero-order valence-corrected chi connectivity index (χ0v) is 14.6. The Bertz CT molecular complexity index is 943. The van der Waals surface area contributed by atoms with Gasteiger partial charge in [-0.3, -0.25) is 4.79 Å². The van der Waals surface area contributed by atoms with Crippen LogP contribution in [-0.2, 0) is 0 Å². The SMILES string of the molecule is CCOc1cccc(/C=C/C(=O)c2cnn(-c3ccc(F)cc3)c2C)c1. The zero-order chi connectivity index (χ0) is 18.5. The van der Waals surface area contributed by atoms with Gasteiger partial charge in [-0.15, -0.1) is 0 Å². The zero-order valence-electron chi connectivity index (χ0n) is 14.6. The van der Waals surface area contributed by atoms with Gasteiger partial charge in [-0.1, -0.05) is 18.2 Å². The Hall–Kier alpha value is -3.21. The highest BCUT2D eigenvalue weighted by Gasteiger charge is 2.13. The van der Waals surface area contributed by atoms with Crippen LogP contribution in [-0.4, -0.2) is 22.2 Å². The summed E-state index contributed by atoms with van der Waals surface area (Å²) in [5.41, 5.74) is 2.80. The first-order valence-electron chi connectivity index (χ1n) is 8.34. The lowest BCUT2D eigenvalue weighted by molar-refractivity contribution is 0.104. The van der Waals surface area contributed by atoms with Crippen molar-refractivity contribution in [2.24, 2.45) is 0 Å². The lowest BCUT2D eigenvalue weighted by Crippen LogP contribution is -2.01. The molecule has 1 heterocycles. The van der Waals surface area contributed by atoms with E-state index in [2.05, 4.69) is 5.10 Å². The molecule has 0 aliphatic carbocycles. The van der Waals surface area contributed by atoms with E-state index in [0.717, 1.165) is 11.3 Å². The van der Waals surface area contributed by atoms with Crippen LogP contribution in [0.1, 0.15) is 28.5 Å². The molecule has 0 fully saturated rings. The Morgan fingerprint density at radius 3 is 2.73 bits per heavy atom. The van der Waals surface area contributed by atoms with Crippen LogP contribution in [0.5, 0.6) is 5.75 Å². The van der Waals surface area contributed by atoms with Gasteiger partial charge in [-0.05, 0) is 61.9 Å². The number of ketones is 1. The molecule has 0 unspecified atom stereocenters. The van der Waals surface area contributed by atoms with E-state index in [1.54, 1.807) is 22.9 Å². The minimum Gasteiger partial charge on any atom is -0.494 e. The number of halogens is 1. The van der Waals surface area contributed by atoms with E-state index in [1.165, 1.54) is 24.4 Å². The molecule has 4 nitrogen and oxygen atoms in total. The van der Waals surface area contributed by atoms with Crippen LogP contribution in [0.25, 0.3) is 11.8 Å². The molecule has 26 heavy (non-hydrogen) atoms. The molecule has 0 radical (unpaired) electrons. The van der Waals surface area contributed by atoms with E-state index >= 15 is 0 Å². The molecule has 0 saturated carbocycles. The molecule has 0 aliphatic heterocycles. The molecule has 132 valence electrons. The number of ether oxygens (including phenoxy) is 1. The van der Waals surface area contributed by atoms with Crippen molar-refractivity contribution in [3.8, 4) is 11.4 Å². The summed E-state index contributed by atoms with van der Waals surface area (Å²) in [7, 11) is 0. The predicted octanol–water partition coefficient (Wildman–Crippen LogP) is 4.61. The number of nitrogens with zero attached hydrogens (tertiary/aromatic N) is 2. The quantitative estimate of drug-likeness (QED) is 0.481. The molecule has 0 bridgehead atoms. The Morgan fingerprint density at radius 2 is 2.00 bits per heavy atom. The lowest BCUT2D eigenvalue weighted by atomic mass is 10.1. The molecule has 0 saturated heterocycles. The highest BCUT2D eigenvalue weighted by molar-refractivity contribution is 6.07. The maximum absolute atomic E-state index is 13.1. The molecule has 2 aromatic carbocycles. The molecule has 0 spiro atoms. The van der Waals surface area contributed by atoms with Crippen molar-refractivity contribution in [1.82, 2.24) is 9.78 Å². The van der Waals surface area contributed by atoms with Crippen LogP contribution in [0.3, 0.4) is 0 Å². The maximum Gasteiger partial charge on any atom is 0.189 e. The summed E-state index contributed by atoms with van der Waals surface area (Å²) in [6.07, 6.45) is 4.80. The van der Waals surface area contributed by atoms with Crippen LogP contribution in [0.4, 0.5) is 4.39 Å². The molecule has 0 N–H and O–H groups in total. The fourth-order valence-electron chi connectivity index (χ4n) is 2.63. The monoisotopic (exact) mass is 350 g/mol. The van der Waals surface area contributed by atoms with Gasteiger partial charge in [0.05, 0.1) is 29.7 Å². The average Bonchev–Trinajstić information content (AvgIpc) is 3.03. The van der Waals surface area contributed by atoms with E-state index < -0.39 is 0 Å². The largest absolute Gasteiger partial charge is 0.494 e. The minimum atomic E-state index is -0.313. The van der Waals surface area contributed by atoms with Gasteiger partial charge in [-0.2, -0.15) is 5.10 Å². The van der Waals surface area contributed by atoms with E-state index in [9.17, 15) is 9.18 Å². The number of hydrogen-bond donors (Lipinski definition) is 0. The lowest BCUT2D eigenvalue weighted by Gasteiger charge is -2.04. The van der Waals surface area contributed by atoms with E-state index in [4.69, 9.17) is 4.74 Å².